The molecule has 1 fully saturated rings. The normalized spacial score (nSPS) is 36.9. The van der Waals surface area contributed by atoms with E-state index in [0.29, 0.717) is 9.47 Å². The van der Waals surface area contributed by atoms with Crippen LogP contribution in [-0.2, 0) is 4.74 Å². The average Bonchev–Trinajstić information content (AvgIpc) is 2.66. The molecule has 3 N–H and O–H groups in total. The number of aliphatic hydroxyl groups excluding tert-OH is 3. The second-order valence-corrected chi connectivity index (χ2v) is 6.24. The fourth-order valence-electron chi connectivity index (χ4n) is 1.70. The maximum Gasteiger partial charge on any atom is 0.218 e. The Morgan fingerprint density at radius 1 is 1.28 bits per heavy atom. The quantitative estimate of drug-likeness (QED) is 0.555. The maximum atomic E-state index is 9.90. The third-order valence-electron chi connectivity index (χ3n) is 2.63. The molecule has 7 nitrogen and oxygen atoms in total. The number of nitrogens with zero attached hydrogens (tertiary/aromatic N) is 3. The van der Waals surface area contributed by atoms with Crippen LogP contribution in [0.4, 0.5) is 0 Å². The Hall–Kier alpha value is 0.420. The van der Waals surface area contributed by atoms with Crippen LogP contribution in [0.15, 0.2) is 9.47 Å². The van der Waals surface area contributed by atoms with Crippen LogP contribution in [0.25, 0.3) is 0 Å². The molecule has 2 heterocycles. The lowest BCUT2D eigenvalue weighted by Gasteiger charge is -2.39. The molecule has 18 heavy (non-hydrogen) atoms. The van der Waals surface area contributed by atoms with E-state index in [9.17, 15) is 10.2 Å². The van der Waals surface area contributed by atoms with Crippen molar-refractivity contribution in [2.24, 2.45) is 0 Å². The van der Waals surface area contributed by atoms with Crippen LogP contribution in [-0.4, -0.2) is 59.8 Å². The van der Waals surface area contributed by atoms with E-state index in [-0.39, 0.29) is 0 Å². The first-order valence-electron chi connectivity index (χ1n) is 4.99. The summed E-state index contributed by atoms with van der Waals surface area (Å²) in [6, 6.07) is 0. The molecule has 0 spiro atoms. The summed E-state index contributed by atoms with van der Waals surface area (Å²) in [7, 11) is 0. The topological polar surface area (TPSA) is 101 Å². The van der Waals surface area contributed by atoms with Gasteiger partial charge in [-0.25, -0.2) is 4.68 Å². The number of halogens is 3. The van der Waals surface area contributed by atoms with Gasteiger partial charge in [-0.3, -0.25) is 0 Å². The fourth-order valence-corrected chi connectivity index (χ4v) is 3.38. The van der Waals surface area contributed by atoms with Crippen molar-refractivity contribution >= 4 is 47.8 Å². The van der Waals surface area contributed by atoms with Gasteiger partial charge in [-0.1, -0.05) is 15.9 Å². The minimum absolute atomic E-state index is 0.360. The summed E-state index contributed by atoms with van der Waals surface area (Å²) in [4.78, 5) is 3.41. The summed E-state index contributed by atoms with van der Waals surface area (Å²) in [5.74, 6) is 0. The minimum Gasteiger partial charge on any atom is -0.394 e. The van der Waals surface area contributed by atoms with E-state index in [4.69, 9.17) is 9.84 Å². The van der Waals surface area contributed by atoms with Crippen LogP contribution in [0.1, 0.15) is 6.23 Å². The van der Waals surface area contributed by atoms with Crippen molar-refractivity contribution in [1.29, 1.82) is 0 Å². The molecular formula is C8H10Br3N3O4. The van der Waals surface area contributed by atoms with Crippen LogP contribution in [0.3, 0.4) is 0 Å². The molecule has 0 aliphatic carbocycles. The van der Waals surface area contributed by atoms with E-state index in [0.717, 1.165) is 0 Å². The van der Waals surface area contributed by atoms with Crippen molar-refractivity contribution in [3.8, 4) is 0 Å². The summed E-state index contributed by atoms with van der Waals surface area (Å²) >= 11 is 9.59. The van der Waals surface area contributed by atoms with Crippen molar-refractivity contribution in [2.45, 2.75) is 29.4 Å². The first kappa shape index (κ1) is 14.8. The van der Waals surface area contributed by atoms with Crippen molar-refractivity contribution < 1.29 is 20.1 Å². The lowest BCUT2D eigenvalue weighted by molar-refractivity contribution is -0.198. The summed E-state index contributed by atoms with van der Waals surface area (Å²) in [6.45, 7) is -0.401. The van der Waals surface area contributed by atoms with E-state index >= 15 is 0 Å². The van der Waals surface area contributed by atoms with Gasteiger partial charge in [0.05, 0.1) is 17.5 Å². The zero-order valence-electron chi connectivity index (χ0n) is 8.82. The predicted molar refractivity (Wildman–Crippen MR) is 71.1 cm³/mol. The second-order valence-electron chi connectivity index (χ2n) is 3.77. The van der Waals surface area contributed by atoms with Gasteiger partial charge < -0.3 is 20.1 Å². The molecule has 0 saturated carbocycles. The molecule has 0 bridgehead atoms. The van der Waals surface area contributed by atoms with Crippen molar-refractivity contribution in [3.05, 3.63) is 9.47 Å². The number of aromatic nitrogens is 3. The van der Waals surface area contributed by atoms with Gasteiger partial charge in [0, 0.05) is 0 Å². The summed E-state index contributed by atoms with van der Waals surface area (Å²) < 4.78 is 7.68. The van der Waals surface area contributed by atoms with Crippen LogP contribution < -0.4 is 0 Å². The highest BCUT2D eigenvalue weighted by molar-refractivity contribution is 9.11. The molecule has 102 valence electrons. The van der Waals surface area contributed by atoms with Crippen LogP contribution in [0, 0.1) is 0 Å². The first-order valence-corrected chi connectivity index (χ1v) is 7.50. The minimum atomic E-state index is -1.17. The number of hydrogen-bond donors (Lipinski definition) is 3. The Balaban J connectivity index is 2.29. The molecular weight excluding hydrogens is 442 g/mol. The average molecular weight is 452 g/mol. The Bertz CT molecular complexity index is 430. The van der Waals surface area contributed by atoms with Crippen molar-refractivity contribution in [3.63, 3.8) is 0 Å². The molecule has 0 aromatic carbocycles. The standard InChI is InChI=1S/C8H10Br3N3O4/c9-3-5(17)4(16)2(1-15)18-6(3)14-8(11)12-7(10)13-14/h2-6,15-17H,1H2/t2-,3+,4-,5-,6+/m1/s1. The lowest BCUT2D eigenvalue weighted by Crippen LogP contribution is -2.54. The van der Waals surface area contributed by atoms with Gasteiger partial charge >= 0.3 is 0 Å². The number of alkyl halides is 1. The van der Waals surface area contributed by atoms with Crippen LogP contribution >= 0.6 is 47.8 Å². The van der Waals surface area contributed by atoms with Gasteiger partial charge in [0.15, 0.2) is 11.0 Å². The SMILES string of the molecule is OC[C@H]1O[C@H](n2nc(Br)nc2Br)[C@@H](Br)[C@@H](O)[C@@H]1O. The van der Waals surface area contributed by atoms with Crippen LogP contribution in [0.5, 0.6) is 0 Å². The molecule has 2 rings (SSSR count). The van der Waals surface area contributed by atoms with Gasteiger partial charge in [0.25, 0.3) is 0 Å². The molecule has 1 aromatic rings. The second kappa shape index (κ2) is 5.81. The Morgan fingerprint density at radius 2 is 1.94 bits per heavy atom. The Morgan fingerprint density at radius 3 is 2.44 bits per heavy atom. The first-order chi connectivity index (χ1) is 8.45. The molecule has 0 amide bonds. The van der Waals surface area contributed by atoms with Gasteiger partial charge in [-0.2, -0.15) is 4.98 Å². The highest BCUT2D eigenvalue weighted by Gasteiger charge is 2.44. The Kier molecular flexibility index (Phi) is 4.79. The Labute approximate surface area is 128 Å². The summed E-state index contributed by atoms with van der Waals surface area (Å²) in [5, 5.41) is 32.8. The van der Waals surface area contributed by atoms with E-state index in [1.54, 1.807) is 0 Å². The zero-order chi connectivity index (χ0) is 13.4. The monoisotopic (exact) mass is 449 g/mol. The zero-order valence-corrected chi connectivity index (χ0v) is 13.6. The molecule has 10 heteroatoms. The summed E-state index contributed by atoms with van der Waals surface area (Å²) in [6.07, 6.45) is -3.83. The number of ether oxygens (including phenoxy) is 1. The lowest BCUT2D eigenvalue weighted by atomic mass is 10.0. The van der Waals surface area contributed by atoms with Gasteiger partial charge in [0.1, 0.15) is 12.2 Å². The van der Waals surface area contributed by atoms with E-state index < -0.39 is 36.0 Å². The maximum absolute atomic E-state index is 9.90. The number of hydrogen-bond acceptors (Lipinski definition) is 6. The molecule has 1 aromatic heterocycles. The molecule has 1 aliphatic rings. The smallest absolute Gasteiger partial charge is 0.218 e. The number of aliphatic hydroxyl groups is 3. The van der Waals surface area contributed by atoms with E-state index in [2.05, 4.69) is 57.9 Å². The van der Waals surface area contributed by atoms with Gasteiger partial charge in [-0.05, 0) is 31.9 Å². The largest absolute Gasteiger partial charge is 0.394 e. The third-order valence-corrected chi connectivity index (χ3v) is 4.50. The van der Waals surface area contributed by atoms with Gasteiger partial charge in [0.2, 0.25) is 4.73 Å². The predicted octanol–water partition coefficient (Wildman–Crippen LogP) is 0.178. The molecule has 0 radical (unpaired) electrons. The molecule has 0 unspecified atom stereocenters. The van der Waals surface area contributed by atoms with Gasteiger partial charge in [-0.15, -0.1) is 5.10 Å². The third kappa shape index (κ3) is 2.65. The highest BCUT2D eigenvalue weighted by atomic mass is 79.9. The van der Waals surface area contributed by atoms with Crippen LogP contribution in [0.2, 0.25) is 0 Å². The molecule has 5 atom stereocenters. The fraction of sp³-hybridized carbons (Fsp3) is 0.750. The van der Waals surface area contributed by atoms with Crippen molar-refractivity contribution in [1.82, 2.24) is 14.8 Å². The summed E-state index contributed by atoms with van der Waals surface area (Å²) in [5.41, 5.74) is 0. The number of rotatable bonds is 2. The highest BCUT2D eigenvalue weighted by Crippen LogP contribution is 2.34. The molecule has 1 aliphatic heterocycles. The van der Waals surface area contributed by atoms with Crippen molar-refractivity contribution in [2.75, 3.05) is 6.61 Å². The van der Waals surface area contributed by atoms with E-state index in [1.807, 2.05) is 0 Å². The molecule has 1 saturated heterocycles. The van der Waals surface area contributed by atoms with E-state index in [1.165, 1.54) is 4.68 Å².